The number of pyridine rings is 1. The first-order valence-electron chi connectivity index (χ1n) is 7.39. The standard InChI is InChI=1S/C16H18FN3O2S.ClH/c1-12-4-5-14(9-15(12)17)23(21,22)20-8-7-19-11-16(20)13-3-2-6-18-10-13;/h2-6,9-10,16,19H,7-8,11H2,1H3;1H. The summed E-state index contributed by atoms with van der Waals surface area (Å²) >= 11 is 0. The fourth-order valence-corrected chi connectivity index (χ4v) is 4.33. The Morgan fingerprint density at radius 2 is 2.12 bits per heavy atom. The first-order chi connectivity index (χ1) is 11.0. The maximum atomic E-state index is 13.8. The molecule has 8 heteroatoms. The monoisotopic (exact) mass is 371 g/mol. The van der Waals surface area contributed by atoms with Crippen molar-refractivity contribution in [2.75, 3.05) is 19.6 Å². The average Bonchev–Trinajstić information content (AvgIpc) is 2.58. The lowest BCUT2D eigenvalue weighted by atomic mass is 10.1. The van der Waals surface area contributed by atoms with Crippen molar-refractivity contribution in [1.82, 2.24) is 14.6 Å². The minimum Gasteiger partial charge on any atom is -0.313 e. The molecule has 1 aromatic carbocycles. The Balaban J connectivity index is 0.00000208. The molecule has 130 valence electrons. The van der Waals surface area contributed by atoms with Gasteiger partial charge < -0.3 is 5.32 Å². The number of nitrogens with one attached hydrogen (secondary N) is 1. The highest BCUT2D eigenvalue weighted by molar-refractivity contribution is 7.89. The van der Waals surface area contributed by atoms with Crippen LogP contribution in [0.2, 0.25) is 0 Å². The van der Waals surface area contributed by atoms with E-state index in [1.54, 1.807) is 25.4 Å². The highest BCUT2D eigenvalue weighted by atomic mass is 35.5. The van der Waals surface area contributed by atoms with Crippen molar-refractivity contribution in [1.29, 1.82) is 0 Å². The van der Waals surface area contributed by atoms with Crippen molar-refractivity contribution in [3.63, 3.8) is 0 Å². The molecule has 1 N–H and O–H groups in total. The Morgan fingerprint density at radius 3 is 2.79 bits per heavy atom. The van der Waals surface area contributed by atoms with Crippen LogP contribution in [-0.4, -0.2) is 37.3 Å². The van der Waals surface area contributed by atoms with E-state index in [0.29, 0.717) is 25.2 Å². The van der Waals surface area contributed by atoms with E-state index < -0.39 is 15.8 Å². The zero-order chi connectivity index (χ0) is 16.4. The van der Waals surface area contributed by atoms with Gasteiger partial charge in [0.25, 0.3) is 0 Å². The van der Waals surface area contributed by atoms with Gasteiger partial charge in [0.1, 0.15) is 5.82 Å². The third-order valence-corrected chi connectivity index (χ3v) is 5.92. The molecule has 0 radical (unpaired) electrons. The Morgan fingerprint density at radius 1 is 1.33 bits per heavy atom. The van der Waals surface area contributed by atoms with Crippen LogP contribution in [-0.2, 0) is 10.0 Å². The summed E-state index contributed by atoms with van der Waals surface area (Å²) in [5.74, 6) is -0.515. The molecule has 1 fully saturated rings. The summed E-state index contributed by atoms with van der Waals surface area (Å²) in [7, 11) is -3.77. The van der Waals surface area contributed by atoms with E-state index in [2.05, 4.69) is 10.3 Å². The van der Waals surface area contributed by atoms with Gasteiger partial charge in [-0.05, 0) is 36.2 Å². The second-order valence-corrected chi connectivity index (χ2v) is 7.42. The summed E-state index contributed by atoms with van der Waals surface area (Å²) in [6.45, 7) is 3.00. The lowest BCUT2D eigenvalue weighted by Gasteiger charge is -2.35. The highest BCUT2D eigenvalue weighted by Crippen LogP contribution is 2.29. The number of hydrogen-bond acceptors (Lipinski definition) is 4. The van der Waals surface area contributed by atoms with Gasteiger partial charge in [-0.25, -0.2) is 12.8 Å². The quantitative estimate of drug-likeness (QED) is 0.899. The van der Waals surface area contributed by atoms with E-state index in [1.165, 1.54) is 16.4 Å². The Kier molecular flexibility index (Phi) is 5.92. The third kappa shape index (κ3) is 3.59. The minimum atomic E-state index is -3.77. The molecule has 0 amide bonds. The molecule has 3 rings (SSSR count). The van der Waals surface area contributed by atoms with Gasteiger partial charge in [-0.2, -0.15) is 4.31 Å². The van der Waals surface area contributed by atoms with E-state index in [1.807, 2.05) is 6.07 Å². The fourth-order valence-electron chi connectivity index (χ4n) is 2.70. The van der Waals surface area contributed by atoms with Crippen molar-refractivity contribution in [3.8, 4) is 0 Å². The van der Waals surface area contributed by atoms with Crippen LogP contribution in [0, 0.1) is 12.7 Å². The molecule has 0 spiro atoms. The molecule has 2 heterocycles. The highest BCUT2D eigenvalue weighted by Gasteiger charge is 2.34. The number of hydrogen-bond donors (Lipinski definition) is 1. The zero-order valence-corrected chi connectivity index (χ0v) is 14.8. The normalized spacial score (nSPS) is 18.8. The van der Waals surface area contributed by atoms with Gasteiger partial charge in [-0.15, -0.1) is 12.4 Å². The molecular weight excluding hydrogens is 353 g/mol. The maximum Gasteiger partial charge on any atom is 0.243 e. The molecule has 1 saturated heterocycles. The third-order valence-electron chi connectivity index (χ3n) is 4.01. The zero-order valence-electron chi connectivity index (χ0n) is 13.1. The summed E-state index contributed by atoms with van der Waals surface area (Å²) in [6, 6.07) is 7.31. The summed E-state index contributed by atoms with van der Waals surface area (Å²) in [5.41, 5.74) is 1.24. The number of sulfonamides is 1. The second kappa shape index (κ2) is 7.57. The molecule has 24 heavy (non-hydrogen) atoms. The van der Waals surface area contributed by atoms with Crippen LogP contribution in [0.5, 0.6) is 0 Å². The van der Waals surface area contributed by atoms with Crippen molar-refractivity contribution >= 4 is 22.4 Å². The summed E-state index contributed by atoms with van der Waals surface area (Å²) in [6.07, 6.45) is 3.31. The van der Waals surface area contributed by atoms with Crippen molar-refractivity contribution in [2.45, 2.75) is 17.9 Å². The minimum absolute atomic E-state index is 0. The molecule has 2 aromatic rings. The SMILES string of the molecule is Cc1ccc(S(=O)(=O)N2CCNCC2c2cccnc2)cc1F.Cl. The van der Waals surface area contributed by atoms with Gasteiger partial charge >= 0.3 is 0 Å². The van der Waals surface area contributed by atoms with Crippen LogP contribution in [0.4, 0.5) is 4.39 Å². The Bertz CT molecular complexity index is 802. The van der Waals surface area contributed by atoms with Crippen molar-refractivity contribution in [3.05, 3.63) is 59.7 Å². The van der Waals surface area contributed by atoms with E-state index in [-0.39, 0.29) is 23.3 Å². The lowest BCUT2D eigenvalue weighted by molar-refractivity contribution is 0.271. The average molecular weight is 372 g/mol. The number of aryl methyl sites for hydroxylation is 1. The smallest absolute Gasteiger partial charge is 0.243 e. The van der Waals surface area contributed by atoms with Gasteiger partial charge in [0, 0.05) is 32.0 Å². The van der Waals surface area contributed by atoms with Crippen LogP contribution in [0.3, 0.4) is 0 Å². The molecule has 1 aliphatic rings. The summed E-state index contributed by atoms with van der Waals surface area (Å²) in [4.78, 5) is 4.05. The first kappa shape index (κ1) is 18.8. The van der Waals surface area contributed by atoms with E-state index >= 15 is 0 Å². The predicted octanol–water partition coefficient (Wildman–Crippen LogP) is 2.29. The molecule has 1 aliphatic heterocycles. The number of piperazine rings is 1. The van der Waals surface area contributed by atoms with Gasteiger partial charge in [0.15, 0.2) is 0 Å². The summed E-state index contributed by atoms with van der Waals surface area (Å²) in [5, 5.41) is 3.20. The Labute approximate surface area is 147 Å². The predicted molar refractivity (Wildman–Crippen MR) is 92.1 cm³/mol. The molecule has 5 nitrogen and oxygen atoms in total. The maximum absolute atomic E-state index is 13.8. The number of benzene rings is 1. The first-order valence-corrected chi connectivity index (χ1v) is 8.83. The Hall–Kier alpha value is -1.54. The molecule has 1 unspecified atom stereocenters. The van der Waals surface area contributed by atoms with Crippen LogP contribution < -0.4 is 5.32 Å². The number of halogens is 2. The van der Waals surface area contributed by atoms with Gasteiger partial charge in [-0.1, -0.05) is 12.1 Å². The van der Waals surface area contributed by atoms with Crippen LogP contribution in [0.1, 0.15) is 17.2 Å². The molecule has 0 bridgehead atoms. The molecule has 0 aliphatic carbocycles. The second-order valence-electron chi connectivity index (χ2n) is 5.53. The van der Waals surface area contributed by atoms with Crippen LogP contribution in [0.15, 0.2) is 47.6 Å². The molecule has 1 aromatic heterocycles. The number of nitrogens with zero attached hydrogens (tertiary/aromatic N) is 2. The molecule has 0 saturated carbocycles. The van der Waals surface area contributed by atoms with Crippen molar-refractivity contribution in [2.24, 2.45) is 0 Å². The summed E-state index contributed by atoms with van der Waals surface area (Å²) < 4.78 is 41.1. The number of aromatic nitrogens is 1. The van der Waals surface area contributed by atoms with E-state index in [4.69, 9.17) is 0 Å². The largest absolute Gasteiger partial charge is 0.313 e. The van der Waals surface area contributed by atoms with Crippen LogP contribution >= 0.6 is 12.4 Å². The van der Waals surface area contributed by atoms with E-state index in [9.17, 15) is 12.8 Å². The van der Waals surface area contributed by atoms with Gasteiger partial charge in [0.2, 0.25) is 10.0 Å². The van der Waals surface area contributed by atoms with E-state index in [0.717, 1.165) is 11.6 Å². The van der Waals surface area contributed by atoms with Gasteiger partial charge in [0.05, 0.1) is 10.9 Å². The number of rotatable bonds is 3. The van der Waals surface area contributed by atoms with Crippen LogP contribution in [0.25, 0.3) is 0 Å². The fraction of sp³-hybridized carbons (Fsp3) is 0.312. The lowest BCUT2D eigenvalue weighted by Crippen LogP contribution is -2.48. The van der Waals surface area contributed by atoms with Crippen molar-refractivity contribution < 1.29 is 12.8 Å². The topological polar surface area (TPSA) is 62.3 Å². The molecular formula is C16H19ClFN3O2S. The molecule has 1 atom stereocenters. The van der Waals surface area contributed by atoms with Gasteiger partial charge in [-0.3, -0.25) is 4.98 Å².